The number of hydrogen-bond acceptors (Lipinski definition) is 3. The van der Waals surface area contributed by atoms with Crippen LogP contribution in [0.15, 0.2) is 22.7 Å². The summed E-state index contributed by atoms with van der Waals surface area (Å²) in [6.45, 7) is 1.52. The van der Waals surface area contributed by atoms with Gasteiger partial charge in [-0.3, -0.25) is 4.79 Å². The minimum absolute atomic E-state index is 0.0847. The van der Waals surface area contributed by atoms with Crippen LogP contribution in [0.2, 0.25) is 0 Å². The van der Waals surface area contributed by atoms with Gasteiger partial charge in [0.15, 0.2) is 0 Å². The van der Waals surface area contributed by atoms with Crippen LogP contribution >= 0.6 is 15.9 Å². The van der Waals surface area contributed by atoms with Crippen molar-refractivity contribution in [2.45, 2.75) is 31.8 Å². The number of halogens is 1. The molecule has 2 rings (SSSR count). The molecule has 0 aliphatic carbocycles. The lowest BCUT2D eigenvalue weighted by atomic mass is 10.1. The highest BCUT2D eigenvalue weighted by atomic mass is 79.9. The van der Waals surface area contributed by atoms with E-state index in [4.69, 9.17) is 4.74 Å². The number of ether oxygens (including phenoxy) is 1. The molecule has 0 spiro atoms. The Morgan fingerprint density at radius 2 is 2.42 bits per heavy atom. The zero-order valence-electron chi connectivity index (χ0n) is 11.0. The quantitative estimate of drug-likeness (QED) is 0.872. The normalized spacial score (nSPS) is 18.3. The maximum atomic E-state index is 11.9. The number of rotatable bonds is 5. The lowest BCUT2D eigenvalue weighted by Crippen LogP contribution is -2.31. The smallest absolute Gasteiger partial charge is 0.221 e. The number of hydrogen-bond donors (Lipinski definition) is 2. The molecule has 1 atom stereocenters. The number of nitrogens with one attached hydrogen (secondary N) is 2. The summed E-state index contributed by atoms with van der Waals surface area (Å²) < 4.78 is 6.26. The van der Waals surface area contributed by atoms with Gasteiger partial charge in [-0.2, -0.15) is 0 Å². The first-order valence-electron chi connectivity index (χ1n) is 6.51. The van der Waals surface area contributed by atoms with E-state index in [2.05, 4.69) is 26.6 Å². The summed E-state index contributed by atoms with van der Waals surface area (Å²) in [4.78, 5) is 11.9. The number of amides is 1. The first-order chi connectivity index (χ1) is 9.19. The molecule has 1 aromatic rings. The van der Waals surface area contributed by atoms with Crippen LogP contribution in [0.5, 0.6) is 5.75 Å². The molecule has 0 aromatic heterocycles. The van der Waals surface area contributed by atoms with Gasteiger partial charge in [0.05, 0.1) is 7.11 Å². The Morgan fingerprint density at radius 1 is 1.58 bits per heavy atom. The van der Waals surface area contributed by atoms with E-state index in [0.717, 1.165) is 35.2 Å². The van der Waals surface area contributed by atoms with Gasteiger partial charge in [0, 0.05) is 29.0 Å². The van der Waals surface area contributed by atoms with E-state index in [1.807, 2.05) is 18.2 Å². The van der Waals surface area contributed by atoms with Gasteiger partial charge in [-0.25, -0.2) is 0 Å². The number of methoxy groups -OCH3 is 1. The van der Waals surface area contributed by atoms with Crippen LogP contribution in [0.25, 0.3) is 0 Å². The second-order valence-electron chi connectivity index (χ2n) is 4.73. The molecule has 0 saturated carbocycles. The molecule has 1 unspecified atom stereocenters. The number of carbonyl (C=O) groups excluding carboxylic acids is 1. The van der Waals surface area contributed by atoms with Crippen molar-refractivity contribution in [3.8, 4) is 5.75 Å². The molecule has 4 nitrogen and oxygen atoms in total. The van der Waals surface area contributed by atoms with E-state index < -0.39 is 0 Å². The molecule has 1 amide bonds. The lowest BCUT2D eigenvalue weighted by Gasteiger charge is -2.12. The Morgan fingerprint density at radius 3 is 3.11 bits per heavy atom. The molecule has 19 heavy (non-hydrogen) atoms. The molecule has 5 heteroatoms. The maximum Gasteiger partial charge on any atom is 0.221 e. The molecule has 1 saturated heterocycles. The first-order valence-corrected chi connectivity index (χ1v) is 7.31. The molecule has 1 heterocycles. The summed E-state index contributed by atoms with van der Waals surface area (Å²) in [5.41, 5.74) is 0.976. The molecule has 1 fully saturated rings. The lowest BCUT2D eigenvalue weighted by molar-refractivity contribution is -0.121. The van der Waals surface area contributed by atoms with Crippen molar-refractivity contribution >= 4 is 21.8 Å². The third kappa shape index (κ3) is 4.21. The van der Waals surface area contributed by atoms with Crippen LogP contribution in [-0.2, 0) is 11.3 Å². The topological polar surface area (TPSA) is 50.4 Å². The van der Waals surface area contributed by atoms with Gasteiger partial charge in [0.2, 0.25) is 5.91 Å². The molecular formula is C14H19BrN2O2. The fourth-order valence-electron chi connectivity index (χ4n) is 2.31. The fourth-order valence-corrected chi connectivity index (χ4v) is 2.71. The van der Waals surface area contributed by atoms with Crippen molar-refractivity contribution in [3.63, 3.8) is 0 Å². The van der Waals surface area contributed by atoms with Crippen molar-refractivity contribution in [2.24, 2.45) is 0 Å². The molecule has 1 aromatic carbocycles. The molecule has 0 bridgehead atoms. The summed E-state index contributed by atoms with van der Waals surface area (Å²) in [6.07, 6.45) is 2.81. The monoisotopic (exact) mass is 326 g/mol. The van der Waals surface area contributed by atoms with Crippen LogP contribution in [0, 0.1) is 0 Å². The fraction of sp³-hybridized carbons (Fsp3) is 0.500. The van der Waals surface area contributed by atoms with Gasteiger partial charge in [-0.15, -0.1) is 0 Å². The van der Waals surface area contributed by atoms with E-state index in [1.165, 1.54) is 0 Å². The third-order valence-electron chi connectivity index (χ3n) is 3.31. The maximum absolute atomic E-state index is 11.9. The second-order valence-corrected chi connectivity index (χ2v) is 5.65. The SMILES string of the molecule is COc1ccc(Br)cc1CNC(=O)CC1CCCN1. The Labute approximate surface area is 122 Å². The summed E-state index contributed by atoms with van der Waals surface area (Å²) in [7, 11) is 1.64. The summed E-state index contributed by atoms with van der Waals surface area (Å²) in [5, 5.41) is 6.27. The van der Waals surface area contributed by atoms with Crippen molar-refractivity contribution in [3.05, 3.63) is 28.2 Å². The van der Waals surface area contributed by atoms with E-state index >= 15 is 0 Å². The first kappa shape index (κ1) is 14.3. The van der Waals surface area contributed by atoms with E-state index in [9.17, 15) is 4.79 Å². The van der Waals surface area contributed by atoms with Gasteiger partial charge < -0.3 is 15.4 Å². The van der Waals surface area contributed by atoms with Crippen LogP contribution < -0.4 is 15.4 Å². The van der Waals surface area contributed by atoms with Gasteiger partial charge in [-0.1, -0.05) is 15.9 Å². The molecule has 1 aliphatic rings. The van der Waals surface area contributed by atoms with Crippen LogP contribution in [0.1, 0.15) is 24.8 Å². The van der Waals surface area contributed by atoms with E-state index in [-0.39, 0.29) is 5.91 Å². The summed E-state index contributed by atoms with van der Waals surface area (Å²) in [6, 6.07) is 6.12. The molecule has 0 radical (unpaired) electrons. The van der Waals surface area contributed by atoms with E-state index in [0.29, 0.717) is 19.0 Å². The minimum atomic E-state index is 0.0847. The Bertz CT molecular complexity index is 445. The predicted octanol–water partition coefficient (Wildman–Crippen LogP) is 2.22. The van der Waals surface area contributed by atoms with Crippen LogP contribution in [-0.4, -0.2) is 25.6 Å². The minimum Gasteiger partial charge on any atom is -0.496 e. The molecule has 1 aliphatic heterocycles. The number of carbonyl (C=O) groups is 1. The molecule has 104 valence electrons. The third-order valence-corrected chi connectivity index (χ3v) is 3.81. The summed E-state index contributed by atoms with van der Waals surface area (Å²) >= 11 is 3.43. The van der Waals surface area contributed by atoms with Gasteiger partial charge >= 0.3 is 0 Å². The Hall–Kier alpha value is -1.07. The number of benzene rings is 1. The summed E-state index contributed by atoms with van der Waals surface area (Å²) in [5.74, 6) is 0.879. The van der Waals surface area contributed by atoms with Gasteiger partial charge in [-0.05, 0) is 37.6 Å². The van der Waals surface area contributed by atoms with Crippen LogP contribution in [0.3, 0.4) is 0 Å². The highest BCUT2D eigenvalue weighted by Crippen LogP contribution is 2.22. The second kappa shape index (κ2) is 6.91. The zero-order valence-corrected chi connectivity index (χ0v) is 12.6. The standard InChI is InChI=1S/C14H19BrN2O2/c1-19-13-5-4-11(15)7-10(13)9-17-14(18)8-12-3-2-6-16-12/h4-5,7,12,16H,2-3,6,8-9H2,1H3,(H,17,18). The average Bonchev–Trinajstić information content (AvgIpc) is 2.89. The van der Waals surface area contributed by atoms with Gasteiger partial charge in [0.25, 0.3) is 0 Å². The molecule has 2 N–H and O–H groups in total. The zero-order chi connectivity index (χ0) is 13.7. The van der Waals surface area contributed by atoms with Crippen LogP contribution in [0.4, 0.5) is 0 Å². The predicted molar refractivity (Wildman–Crippen MR) is 78.2 cm³/mol. The van der Waals surface area contributed by atoms with Gasteiger partial charge in [0.1, 0.15) is 5.75 Å². The van der Waals surface area contributed by atoms with Crippen molar-refractivity contribution < 1.29 is 9.53 Å². The van der Waals surface area contributed by atoms with Crippen molar-refractivity contribution in [1.29, 1.82) is 0 Å². The molecular weight excluding hydrogens is 308 g/mol. The largest absolute Gasteiger partial charge is 0.496 e. The van der Waals surface area contributed by atoms with Crippen molar-refractivity contribution in [2.75, 3.05) is 13.7 Å². The Kier molecular flexibility index (Phi) is 5.22. The Balaban J connectivity index is 1.87. The van der Waals surface area contributed by atoms with Crippen molar-refractivity contribution in [1.82, 2.24) is 10.6 Å². The highest BCUT2D eigenvalue weighted by molar-refractivity contribution is 9.10. The highest BCUT2D eigenvalue weighted by Gasteiger charge is 2.17. The average molecular weight is 327 g/mol. The van der Waals surface area contributed by atoms with E-state index in [1.54, 1.807) is 7.11 Å².